The predicted octanol–water partition coefficient (Wildman–Crippen LogP) is 2.53. The van der Waals surface area contributed by atoms with Crippen molar-refractivity contribution < 1.29 is 9.53 Å². The highest BCUT2D eigenvalue weighted by Crippen LogP contribution is 2.23. The van der Waals surface area contributed by atoms with Crippen LogP contribution in [-0.4, -0.2) is 22.9 Å². The minimum absolute atomic E-state index is 0.0574. The van der Waals surface area contributed by atoms with Gasteiger partial charge in [-0.3, -0.25) is 4.79 Å². The minimum atomic E-state index is 0.0574. The van der Waals surface area contributed by atoms with Crippen molar-refractivity contribution in [3.8, 4) is 5.75 Å². The van der Waals surface area contributed by atoms with E-state index in [2.05, 4.69) is 9.97 Å². The number of Topliss-reactive ketones (excluding diaryl/α,β-unsaturated/α-hetero) is 1. The van der Waals surface area contributed by atoms with Gasteiger partial charge in [0.05, 0.1) is 19.2 Å². The summed E-state index contributed by atoms with van der Waals surface area (Å²) in [5, 5.41) is 0. The highest BCUT2D eigenvalue weighted by Gasteiger charge is 2.13. The van der Waals surface area contributed by atoms with E-state index in [4.69, 9.17) is 4.74 Å². The van der Waals surface area contributed by atoms with Crippen LogP contribution >= 0.6 is 0 Å². The first-order valence-electron chi connectivity index (χ1n) is 6.05. The van der Waals surface area contributed by atoms with E-state index in [-0.39, 0.29) is 12.2 Å². The smallest absolute Gasteiger partial charge is 0.169 e. The lowest BCUT2D eigenvalue weighted by Crippen LogP contribution is -2.08. The number of carbonyl (C=O) groups excluding carboxylic acids is 1. The van der Waals surface area contributed by atoms with E-state index in [1.165, 1.54) is 6.33 Å². The van der Waals surface area contributed by atoms with Crippen LogP contribution in [0, 0.1) is 13.8 Å². The highest BCUT2D eigenvalue weighted by atomic mass is 16.5. The molecule has 0 radical (unpaired) electrons. The highest BCUT2D eigenvalue weighted by molar-refractivity contribution is 5.99. The molecule has 0 bridgehead atoms. The Kier molecular flexibility index (Phi) is 3.90. The van der Waals surface area contributed by atoms with Crippen molar-refractivity contribution in [3.05, 3.63) is 53.1 Å². The van der Waals surface area contributed by atoms with Crippen molar-refractivity contribution in [2.24, 2.45) is 0 Å². The zero-order valence-electron chi connectivity index (χ0n) is 11.3. The number of ketones is 1. The summed E-state index contributed by atoms with van der Waals surface area (Å²) in [7, 11) is 1.63. The number of benzene rings is 1. The van der Waals surface area contributed by atoms with Crippen LogP contribution in [-0.2, 0) is 6.42 Å². The van der Waals surface area contributed by atoms with Gasteiger partial charge in [0, 0.05) is 11.8 Å². The molecule has 0 amide bonds. The number of aromatic nitrogens is 2. The van der Waals surface area contributed by atoms with Gasteiger partial charge in [-0.15, -0.1) is 0 Å². The first kappa shape index (κ1) is 13.2. The van der Waals surface area contributed by atoms with Crippen molar-refractivity contribution in [3.63, 3.8) is 0 Å². The Morgan fingerprint density at radius 1 is 1.26 bits per heavy atom. The Labute approximate surface area is 112 Å². The van der Waals surface area contributed by atoms with Gasteiger partial charge in [0.2, 0.25) is 0 Å². The van der Waals surface area contributed by atoms with Gasteiger partial charge < -0.3 is 4.74 Å². The molecule has 2 rings (SSSR count). The molecule has 0 spiro atoms. The fourth-order valence-corrected chi connectivity index (χ4v) is 1.99. The predicted molar refractivity (Wildman–Crippen MR) is 72.5 cm³/mol. The van der Waals surface area contributed by atoms with Crippen LogP contribution in [0.4, 0.5) is 0 Å². The second kappa shape index (κ2) is 5.61. The number of carbonyl (C=O) groups is 1. The fourth-order valence-electron chi connectivity index (χ4n) is 1.99. The third kappa shape index (κ3) is 2.96. The zero-order chi connectivity index (χ0) is 13.8. The molecule has 19 heavy (non-hydrogen) atoms. The Balaban J connectivity index is 2.27. The first-order valence-corrected chi connectivity index (χ1v) is 6.05. The van der Waals surface area contributed by atoms with Gasteiger partial charge in [-0.1, -0.05) is 0 Å². The van der Waals surface area contributed by atoms with Gasteiger partial charge in [-0.2, -0.15) is 0 Å². The number of rotatable bonds is 4. The molecular weight excluding hydrogens is 240 g/mol. The second-order valence-electron chi connectivity index (χ2n) is 4.44. The third-order valence-corrected chi connectivity index (χ3v) is 3.03. The summed E-state index contributed by atoms with van der Waals surface area (Å²) in [6, 6.07) is 5.52. The molecular formula is C15H16N2O2. The molecule has 0 atom stereocenters. The standard InChI is InChI=1S/C15H16N2O2/c1-10-7-15(19-3)11(2)6-13(10)14(18)8-12-4-5-16-9-17-12/h4-7,9H,8H2,1-3H3. The maximum atomic E-state index is 12.3. The maximum Gasteiger partial charge on any atom is 0.169 e. The fraction of sp³-hybridized carbons (Fsp3) is 0.267. The summed E-state index contributed by atoms with van der Waals surface area (Å²) in [5.41, 5.74) is 3.32. The van der Waals surface area contributed by atoms with Crippen LogP contribution in [0.1, 0.15) is 27.2 Å². The van der Waals surface area contributed by atoms with E-state index in [1.54, 1.807) is 19.4 Å². The number of nitrogens with zero attached hydrogens (tertiary/aromatic N) is 2. The Morgan fingerprint density at radius 2 is 2.05 bits per heavy atom. The van der Waals surface area contributed by atoms with Gasteiger partial charge in [0.15, 0.2) is 5.78 Å². The number of hydrogen-bond donors (Lipinski definition) is 0. The molecule has 0 N–H and O–H groups in total. The Hall–Kier alpha value is -2.23. The van der Waals surface area contributed by atoms with Gasteiger partial charge in [0.1, 0.15) is 12.1 Å². The normalized spacial score (nSPS) is 10.3. The van der Waals surface area contributed by atoms with Crippen molar-refractivity contribution >= 4 is 5.78 Å². The summed E-state index contributed by atoms with van der Waals surface area (Å²) in [4.78, 5) is 20.2. The van der Waals surface area contributed by atoms with Crippen molar-refractivity contribution in [2.75, 3.05) is 7.11 Å². The molecule has 0 aliphatic rings. The molecule has 0 saturated heterocycles. The molecule has 0 aliphatic heterocycles. The second-order valence-corrected chi connectivity index (χ2v) is 4.44. The zero-order valence-corrected chi connectivity index (χ0v) is 11.3. The average molecular weight is 256 g/mol. The summed E-state index contributed by atoms with van der Waals surface area (Å²) in [5.74, 6) is 0.859. The molecule has 4 heteroatoms. The van der Waals surface area contributed by atoms with Gasteiger partial charge in [-0.05, 0) is 43.2 Å². The van der Waals surface area contributed by atoms with E-state index in [0.717, 1.165) is 28.1 Å². The van der Waals surface area contributed by atoms with E-state index >= 15 is 0 Å². The van der Waals surface area contributed by atoms with E-state index in [9.17, 15) is 4.79 Å². The average Bonchev–Trinajstić information content (AvgIpc) is 2.42. The van der Waals surface area contributed by atoms with Crippen LogP contribution < -0.4 is 4.74 Å². The van der Waals surface area contributed by atoms with Crippen molar-refractivity contribution in [1.29, 1.82) is 0 Å². The van der Waals surface area contributed by atoms with Crippen molar-refractivity contribution in [2.45, 2.75) is 20.3 Å². The summed E-state index contributed by atoms with van der Waals surface area (Å²) < 4.78 is 5.25. The molecule has 0 fully saturated rings. The summed E-state index contributed by atoms with van der Waals surface area (Å²) >= 11 is 0. The van der Waals surface area contributed by atoms with E-state index in [0.29, 0.717) is 0 Å². The quantitative estimate of drug-likeness (QED) is 0.789. The SMILES string of the molecule is COc1cc(C)c(C(=O)Cc2ccncn2)cc1C. The van der Waals surface area contributed by atoms with Gasteiger partial charge in [-0.25, -0.2) is 9.97 Å². The molecule has 0 aliphatic carbocycles. The molecule has 1 aromatic heterocycles. The largest absolute Gasteiger partial charge is 0.496 e. The minimum Gasteiger partial charge on any atom is -0.496 e. The monoisotopic (exact) mass is 256 g/mol. The Bertz CT molecular complexity index is 595. The molecule has 0 saturated carbocycles. The van der Waals surface area contributed by atoms with Crippen molar-refractivity contribution in [1.82, 2.24) is 9.97 Å². The van der Waals surface area contributed by atoms with Crippen LogP contribution in [0.5, 0.6) is 5.75 Å². The third-order valence-electron chi connectivity index (χ3n) is 3.03. The summed E-state index contributed by atoms with van der Waals surface area (Å²) in [6.07, 6.45) is 3.38. The lowest BCUT2D eigenvalue weighted by molar-refractivity contribution is 0.0991. The summed E-state index contributed by atoms with van der Waals surface area (Å²) in [6.45, 7) is 3.84. The number of hydrogen-bond acceptors (Lipinski definition) is 4. The lowest BCUT2D eigenvalue weighted by atomic mass is 9.98. The maximum absolute atomic E-state index is 12.3. The molecule has 2 aromatic rings. The molecule has 0 unspecified atom stereocenters. The lowest BCUT2D eigenvalue weighted by Gasteiger charge is -2.10. The molecule has 98 valence electrons. The molecule has 1 aromatic carbocycles. The van der Waals surface area contributed by atoms with E-state index in [1.807, 2.05) is 26.0 Å². The van der Waals surface area contributed by atoms with Gasteiger partial charge in [0.25, 0.3) is 0 Å². The van der Waals surface area contributed by atoms with Gasteiger partial charge >= 0.3 is 0 Å². The first-order chi connectivity index (χ1) is 9.11. The van der Waals surface area contributed by atoms with Crippen LogP contribution in [0.2, 0.25) is 0 Å². The van der Waals surface area contributed by atoms with Crippen LogP contribution in [0.3, 0.4) is 0 Å². The van der Waals surface area contributed by atoms with Crippen LogP contribution in [0.15, 0.2) is 30.7 Å². The number of aryl methyl sites for hydroxylation is 2. The molecule has 1 heterocycles. The number of ether oxygens (including phenoxy) is 1. The van der Waals surface area contributed by atoms with E-state index < -0.39 is 0 Å². The number of methoxy groups -OCH3 is 1. The molecule has 4 nitrogen and oxygen atoms in total. The Morgan fingerprint density at radius 3 is 2.68 bits per heavy atom. The topological polar surface area (TPSA) is 52.1 Å². The van der Waals surface area contributed by atoms with Crippen LogP contribution in [0.25, 0.3) is 0 Å².